The summed E-state index contributed by atoms with van der Waals surface area (Å²) in [6.45, 7) is 3.42. The molecular formula is C16H17ClN4O2. The van der Waals surface area contributed by atoms with Crippen LogP contribution in [0.15, 0.2) is 36.4 Å². The van der Waals surface area contributed by atoms with E-state index in [1.54, 1.807) is 12.1 Å². The van der Waals surface area contributed by atoms with Crippen LogP contribution >= 0.6 is 11.6 Å². The van der Waals surface area contributed by atoms with Gasteiger partial charge in [-0.05, 0) is 30.3 Å². The molecule has 0 atom stereocenters. The van der Waals surface area contributed by atoms with Gasteiger partial charge in [0.05, 0.1) is 7.11 Å². The largest absolute Gasteiger partial charge is 0.464 e. The maximum Gasteiger partial charge on any atom is 0.358 e. The minimum atomic E-state index is -0.477. The first-order valence-corrected chi connectivity index (χ1v) is 7.72. The number of esters is 1. The third-order valence-electron chi connectivity index (χ3n) is 3.82. The molecule has 23 heavy (non-hydrogen) atoms. The maximum atomic E-state index is 11.4. The third-order valence-corrected chi connectivity index (χ3v) is 4.06. The fourth-order valence-corrected chi connectivity index (χ4v) is 2.76. The number of nitrogens with zero attached hydrogens (tertiary/aromatic N) is 4. The Labute approximate surface area is 139 Å². The first kappa shape index (κ1) is 15.6. The Morgan fingerprint density at radius 1 is 1.09 bits per heavy atom. The molecule has 0 bridgehead atoms. The molecule has 1 fully saturated rings. The van der Waals surface area contributed by atoms with Crippen molar-refractivity contribution >= 4 is 29.1 Å². The predicted octanol–water partition coefficient (Wildman–Crippen LogP) is 2.24. The van der Waals surface area contributed by atoms with Crippen LogP contribution in [0.2, 0.25) is 5.02 Å². The Morgan fingerprint density at radius 2 is 1.83 bits per heavy atom. The van der Waals surface area contributed by atoms with E-state index in [4.69, 9.17) is 11.6 Å². The second-order valence-electron chi connectivity index (χ2n) is 5.22. The van der Waals surface area contributed by atoms with Crippen molar-refractivity contribution in [3.63, 3.8) is 0 Å². The van der Waals surface area contributed by atoms with Crippen molar-refractivity contribution in [1.29, 1.82) is 0 Å². The molecule has 1 aliphatic rings. The van der Waals surface area contributed by atoms with Crippen molar-refractivity contribution in [2.45, 2.75) is 0 Å². The number of rotatable bonds is 3. The highest BCUT2D eigenvalue weighted by Gasteiger charge is 2.19. The average molecular weight is 333 g/mol. The summed E-state index contributed by atoms with van der Waals surface area (Å²) in [7, 11) is 1.33. The zero-order valence-corrected chi connectivity index (χ0v) is 13.5. The number of methoxy groups -OCH3 is 1. The molecule has 0 unspecified atom stereocenters. The number of ether oxygens (including phenoxy) is 1. The van der Waals surface area contributed by atoms with Crippen molar-refractivity contribution in [3.8, 4) is 0 Å². The van der Waals surface area contributed by atoms with Gasteiger partial charge in [-0.1, -0.05) is 17.7 Å². The Balaban J connectivity index is 1.63. The number of aromatic nitrogens is 2. The number of halogens is 1. The molecule has 0 aliphatic carbocycles. The van der Waals surface area contributed by atoms with Crippen LogP contribution in [-0.2, 0) is 4.74 Å². The summed E-state index contributed by atoms with van der Waals surface area (Å²) >= 11 is 6.05. The number of carbonyl (C=O) groups is 1. The van der Waals surface area contributed by atoms with Gasteiger partial charge < -0.3 is 14.5 Å². The van der Waals surface area contributed by atoms with E-state index in [1.165, 1.54) is 7.11 Å². The van der Waals surface area contributed by atoms with Crippen LogP contribution in [0.3, 0.4) is 0 Å². The molecule has 0 spiro atoms. The molecule has 1 aromatic heterocycles. The molecule has 0 radical (unpaired) electrons. The van der Waals surface area contributed by atoms with Gasteiger partial charge in [0.1, 0.15) is 0 Å². The van der Waals surface area contributed by atoms with Crippen LogP contribution in [0.25, 0.3) is 0 Å². The number of hydrogen-bond acceptors (Lipinski definition) is 6. The second-order valence-corrected chi connectivity index (χ2v) is 5.66. The van der Waals surface area contributed by atoms with Gasteiger partial charge in [-0.2, -0.15) is 0 Å². The Morgan fingerprint density at radius 3 is 2.43 bits per heavy atom. The molecule has 0 N–H and O–H groups in total. The Kier molecular flexibility index (Phi) is 4.62. The molecule has 3 rings (SSSR count). The quantitative estimate of drug-likeness (QED) is 0.803. The summed E-state index contributed by atoms with van der Waals surface area (Å²) in [6.07, 6.45) is 0. The molecule has 2 aromatic rings. The zero-order valence-electron chi connectivity index (χ0n) is 12.8. The SMILES string of the molecule is COC(=O)c1ccc(N2CCN(c3cccc(Cl)c3)CC2)nn1. The van der Waals surface area contributed by atoms with Crippen molar-refractivity contribution in [3.05, 3.63) is 47.1 Å². The van der Waals surface area contributed by atoms with Gasteiger partial charge in [-0.25, -0.2) is 4.79 Å². The minimum absolute atomic E-state index is 0.216. The van der Waals surface area contributed by atoms with Gasteiger partial charge in [0, 0.05) is 36.9 Å². The normalized spacial score (nSPS) is 14.7. The molecule has 7 heteroatoms. The van der Waals surface area contributed by atoms with E-state index in [-0.39, 0.29) is 5.69 Å². The fraction of sp³-hybridized carbons (Fsp3) is 0.312. The summed E-state index contributed by atoms with van der Waals surface area (Å²) < 4.78 is 4.62. The molecule has 0 saturated carbocycles. The summed E-state index contributed by atoms with van der Waals surface area (Å²) in [6, 6.07) is 11.3. The van der Waals surface area contributed by atoms with Crippen LogP contribution < -0.4 is 9.80 Å². The summed E-state index contributed by atoms with van der Waals surface area (Å²) in [5.41, 5.74) is 1.35. The van der Waals surface area contributed by atoms with E-state index in [0.29, 0.717) is 0 Å². The topological polar surface area (TPSA) is 58.6 Å². The zero-order chi connectivity index (χ0) is 16.2. The molecular weight excluding hydrogens is 316 g/mol. The van der Waals surface area contributed by atoms with Crippen molar-refractivity contribution < 1.29 is 9.53 Å². The van der Waals surface area contributed by atoms with E-state index in [9.17, 15) is 4.79 Å². The van der Waals surface area contributed by atoms with E-state index >= 15 is 0 Å². The van der Waals surface area contributed by atoms with Gasteiger partial charge in [0.15, 0.2) is 11.5 Å². The summed E-state index contributed by atoms with van der Waals surface area (Å²) in [5, 5.41) is 8.78. The average Bonchev–Trinajstić information content (AvgIpc) is 2.61. The number of hydrogen-bond donors (Lipinski definition) is 0. The third kappa shape index (κ3) is 3.53. The highest BCUT2D eigenvalue weighted by atomic mass is 35.5. The summed E-state index contributed by atoms with van der Waals surface area (Å²) in [5.74, 6) is 0.290. The van der Waals surface area contributed by atoms with E-state index < -0.39 is 5.97 Å². The lowest BCUT2D eigenvalue weighted by Gasteiger charge is -2.36. The van der Waals surface area contributed by atoms with E-state index in [2.05, 4.69) is 30.8 Å². The van der Waals surface area contributed by atoms with Gasteiger partial charge in [-0.3, -0.25) is 0 Å². The summed E-state index contributed by atoms with van der Waals surface area (Å²) in [4.78, 5) is 15.8. The van der Waals surface area contributed by atoms with Gasteiger partial charge >= 0.3 is 5.97 Å². The lowest BCUT2D eigenvalue weighted by molar-refractivity contribution is 0.0592. The Bertz CT molecular complexity index is 685. The van der Waals surface area contributed by atoms with Crippen molar-refractivity contribution in [2.24, 2.45) is 0 Å². The lowest BCUT2D eigenvalue weighted by atomic mass is 10.2. The molecule has 2 heterocycles. The minimum Gasteiger partial charge on any atom is -0.464 e. The standard InChI is InChI=1S/C16H17ClN4O2/c1-23-16(22)14-5-6-15(19-18-14)21-9-7-20(8-10-21)13-4-2-3-12(17)11-13/h2-6,11H,7-10H2,1H3. The monoisotopic (exact) mass is 332 g/mol. The predicted molar refractivity (Wildman–Crippen MR) is 89.2 cm³/mol. The van der Waals surface area contributed by atoms with Crippen LogP contribution in [0.1, 0.15) is 10.5 Å². The smallest absolute Gasteiger partial charge is 0.358 e. The van der Waals surface area contributed by atoms with E-state index in [1.807, 2.05) is 18.2 Å². The molecule has 120 valence electrons. The molecule has 1 saturated heterocycles. The molecule has 1 aromatic carbocycles. The first-order chi connectivity index (χ1) is 11.2. The maximum absolute atomic E-state index is 11.4. The van der Waals surface area contributed by atoms with E-state index in [0.717, 1.165) is 42.7 Å². The first-order valence-electron chi connectivity index (χ1n) is 7.35. The van der Waals surface area contributed by atoms with Crippen molar-refractivity contribution in [2.75, 3.05) is 43.1 Å². The molecule has 1 aliphatic heterocycles. The highest BCUT2D eigenvalue weighted by molar-refractivity contribution is 6.30. The Hall–Kier alpha value is -2.34. The number of anilines is 2. The van der Waals surface area contributed by atoms with Crippen LogP contribution in [0, 0.1) is 0 Å². The van der Waals surface area contributed by atoms with Crippen LogP contribution in [-0.4, -0.2) is 49.5 Å². The second kappa shape index (κ2) is 6.83. The highest BCUT2D eigenvalue weighted by Crippen LogP contribution is 2.22. The number of carbonyl (C=O) groups excluding carboxylic acids is 1. The van der Waals surface area contributed by atoms with Crippen LogP contribution in [0.5, 0.6) is 0 Å². The van der Waals surface area contributed by atoms with Gasteiger partial charge in [-0.15, -0.1) is 10.2 Å². The number of benzene rings is 1. The molecule has 6 nitrogen and oxygen atoms in total. The fourth-order valence-electron chi connectivity index (χ4n) is 2.57. The number of piperazine rings is 1. The van der Waals surface area contributed by atoms with Gasteiger partial charge in [0.2, 0.25) is 0 Å². The van der Waals surface area contributed by atoms with Crippen LogP contribution in [0.4, 0.5) is 11.5 Å². The van der Waals surface area contributed by atoms with Crippen molar-refractivity contribution in [1.82, 2.24) is 10.2 Å². The molecule has 0 amide bonds. The van der Waals surface area contributed by atoms with Gasteiger partial charge in [0.25, 0.3) is 0 Å². The lowest BCUT2D eigenvalue weighted by Crippen LogP contribution is -2.46.